The molecule has 3 rings (SSSR count). The SMILES string of the molecule is C=CS(=O)(=O)C=C.Cl.Nc1ccc(B(O)O)cc1.O=S1(=O)CCN(Cc2ccc(B(O)O)cc2)CC1. The fraction of sp³-hybridized carbons (Fsp3) is 0.238. The molecule has 1 aliphatic heterocycles. The number of nitrogens with two attached hydrogens (primary N) is 1. The lowest BCUT2D eigenvalue weighted by Crippen LogP contribution is -2.39. The van der Waals surface area contributed by atoms with Gasteiger partial charge in [0, 0.05) is 36.1 Å². The van der Waals surface area contributed by atoms with Gasteiger partial charge < -0.3 is 25.8 Å². The summed E-state index contributed by atoms with van der Waals surface area (Å²) in [6, 6.07) is 13.4. The molecule has 1 saturated heterocycles. The number of anilines is 1. The molecule has 0 spiro atoms. The van der Waals surface area contributed by atoms with Gasteiger partial charge in [0.15, 0.2) is 19.7 Å². The molecule has 0 atom stereocenters. The van der Waals surface area contributed by atoms with E-state index in [4.69, 9.17) is 25.8 Å². The number of benzene rings is 2. The lowest BCUT2D eigenvalue weighted by Gasteiger charge is -2.26. The fourth-order valence-corrected chi connectivity index (χ4v) is 4.11. The third-order valence-corrected chi connectivity index (χ3v) is 7.36. The summed E-state index contributed by atoms with van der Waals surface area (Å²) in [6.45, 7) is 7.90. The molecule has 0 bridgehead atoms. The van der Waals surface area contributed by atoms with Gasteiger partial charge in [0.05, 0.1) is 11.5 Å². The second kappa shape index (κ2) is 15.8. The highest BCUT2D eigenvalue weighted by Gasteiger charge is 2.21. The van der Waals surface area contributed by atoms with E-state index >= 15 is 0 Å². The molecule has 2 aromatic carbocycles. The number of rotatable bonds is 6. The maximum absolute atomic E-state index is 11.3. The van der Waals surface area contributed by atoms with Crippen molar-refractivity contribution in [1.29, 1.82) is 0 Å². The summed E-state index contributed by atoms with van der Waals surface area (Å²) in [6.07, 6.45) is 0. The summed E-state index contributed by atoms with van der Waals surface area (Å²) in [4.78, 5) is 2.09. The second-order valence-corrected chi connectivity index (χ2v) is 11.7. The van der Waals surface area contributed by atoms with E-state index in [-0.39, 0.29) is 23.9 Å². The highest BCUT2D eigenvalue weighted by atomic mass is 35.5. The van der Waals surface area contributed by atoms with Crippen molar-refractivity contribution in [3.8, 4) is 0 Å². The standard InChI is InChI=1S/C11H16BNO4S.C6H8BNO2.C4H6O2S.ClH/c14-12(15)11-3-1-10(2-4-11)9-13-5-7-18(16,17)8-6-13;8-6-3-1-5(2-4-6)7(9)10;1-3-7(5,6)4-2;/h1-4,14-15H,5-9H2;1-4,9-10H,8H2;3-4H,1-2H2;1H. The molecule has 1 fully saturated rings. The van der Waals surface area contributed by atoms with Gasteiger partial charge in [-0.05, 0) is 28.6 Å². The van der Waals surface area contributed by atoms with Gasteiger partial charge in [0.1, 0.15) is 0 Å². The Labute approximate surface area is 219 Å². The fourth-order valence-electron chi connectivity index (χ4n) is 2.70. The predicted octanol–water partition coefficient (Wildman–Crippen LogP) is -1.34. The van der Waals surface area contributed by atoms with E-state index in [1.165, 1.54) is 0 Å². The quantitative estimate of drug-likeness (QED) is 0.210. The highest BCUT2D eigenvalue weighted by molar-refractivity contribution is 7.97. The van der Waals surface area contributed by atoms with E-state index in [1.807, 2.05) is 12.1 Å². The normalized spacial score (nSPS) is 14.4. The molecule has 0 amide bonds. The van der Waals surface area contributed by atoms with Crippen LogP contribution in [-0.4, -0.2) is 80.7 Å². The molecular weight excluding hydrogens is 529 g/mol. The molecule has 0 aliphatic carbocycles. The molecular formula is C21H31B2ClN2O8S2. The number of hydrogen-bond acceptors (Lipinski definition) is 10. The molecule has 1 aliphatic rings. The second-order valence-electron chi connectivity index (χ2n) is 7.51. The lowest BCUT2D eigenvalue weighted by atomic mass is 9.80. The van der Waals surface area contributed by atoms with Crippen molar-refractivity contribution in [3.05, 3.63) is 78.1 Å². The van der Waals surface area contributed by atoms with Gasteiger partial charge in [-0.1, -0.05) is 49.6 Å². The van der Waals surface area contributed by atoms with Crippen LogP contribution in [0.15, 0.2) is 72.5 Å². The third-order valence-electron chi connectivity index (χ3n) is 4.82. The first kappa shape index (κ1) is 33.8. The van der Waals surface area contributed by atoms with Gasteiger partial charge in [-0.3, -0.25) is 4.90 Å². The smallest absolute Gasteiger partial charge is 0.423 e. The largest absolute Gasteiger partial charge is 0.488 e. The zero-order valence-electron chi connectivity index (χ0n) is 19.5. The Balaban J connectivity index is 0.000000576. The molecule has 0 radical (unpaired) electrons. The minimum atomic E-state index is -3.13. The van der Waals surface area contributed by atoms with Gasteiger partial charge in [-0.15, -0.1) is 12.4 Å². The first-order valence-corrected chi connectivity index (χ1v) is 13.8. The van der Waals surface area contributed by atoms with Crippen LogP contribution in [0.25, 0.3) is 0 Å². The minimum Gasteiger partial charge on any atom is -0.423 e. The lowest BCUT2D eigenvalue weighted by molar-refractivity contribution is 0.287. The number of halogens is 1. The van der Waals surface area contributed by atoms with Crippen molar-refractivity contribution in [2.24, 2.45) is 0 Å². The van der Waals surface area contributed by atoms with Crippen molar-refractivity contribution >= 4 is 62.9 Å². The first-order chi connectivity index (χ1) is 16.3. The molecule has 0 unspecified atom stereocenters. The van der Waals surface area contributed by atoms with E-state index in [2.05, 4.69) is 18.1 Å². The van der Waals surface area contributed by atoms with E-state index in [1.54, 1.807) is 36.4 Å². The summed E-state index contributed by atoms with van der Waals surface area (Å²) >= 11 is 0. The Bertz CT molecular complexity index is 1130. The van der Waals surface area contributed by atoms with Crippen LogP contribution in [0.3, 0.4) is 0 Å². The monoisotopic (exact) mass is 560 g/mol. The molecule has 36 heavy (non-hydrogen) atoms. The zero-order valence-corrected chi connectivity index (χ0v) is 22.0. The molecule has 6 N–H and O–H groups in total. The van der Waals surface area contributed by atoms with Crippen LogP contribution >= 0.6 is 12.4 Å². The zero-order chi connectivity index (χ0) is 26.6. The Morgan fingerprint density at radius 3 is 1.58 bits per heavy atom. The summed E-state index contributed by atoms with van der Waals surface area (Å²) < 4.78 is 42.8. The molecule has 0 aromatic heterocycles. The number of nitrogens with zero attached hydrogens (tertiary/aromatic N) is 1. The summed E-state index contributed by atoms with van der Waals surface area (Å²) in [7, 11) is -8.81. The molecule has 0 saturated carbocycles. The van der Waals surface area contributed by atoms with E-state index in [0.717, 1.165) is 16.4 Å². The third kappa shape index (κ3) is 13.2. The van der Waals surface area contributed by atoms with Crippen molar-refractivity contribution in [2.45, 2.75) is 6.54 Å². The maximum atomic E-state index is 11.3. The van der Waals surface area contributed by atoms with E-state index < -0.39 is 33.9 Å². The van der Waals surface area contributed by atoms with Crippen molar-refractivity contribution < 1.29 is 36.9 Å². The van der Waals surface area contributed by atoms with Crippen LogP contribution in [0.1, 0.15) is 5.56 Å². The average molecular weight is 561 g/mol. The Morgan fingerprint density at radius 1 is 0.861 bits per heavy atom. The van der Waals surface area contributed by atoms with E-state index in [9.17, 15) is 16.8 Å². The van der Waals surface area contributed by atoms with Crippen molar-refractivity contribution in [1.82, 2.24) is 4.90 Å². The van der Waals surface area contributed by atoms with Crippen LogP contribution in [0.2, 0.25) is 0 Å². The van der Waals surface area contributed by atoms with Gasteiger partial charge in [-0.2, -0.15) is 0 Å². The summed E-state index contributed by atoms with van der Waals surface area (Å²) in [5.41, 5.74) is 7.93. The van der Waals surface area contributed by atoms with Crippen molar-refractivity contribution in [3.63, 3.8) is 0 Å². The van der Waals surface area contributed by atoms with Crippen LogP contribution in [0.4, 0.5) is 5.69 Å². The van der Waals surface area contributed by atoms with Crippen LogP contribution < -0.4 is 16.7 Å². The van der Waals surface area contributed by atoms with Crippen LogP contribution in [0.5, 0.6) is 0 Å². The van der Waals surface area contributed by atoms with Gasteiger partial charge in [0.25, 0.3) is 0 Å². The van der Waals surface area contributed by atoms with Crippen LogP contribution in [0, 0.1) is 0 Å². The molecule has 198 valence electrons. The highest BCUT2D eigenvalue weighted by Crippen LogP contribution is 2.09. The molecule has 1 heterocycles. The van der Waals surface area contributed by atoms with Crippen LogP contribution in [-0.2, 0) is 26.2 Å². The van der Waals surface area contributed by atoms with Gasteiger partial charge >= 0.3 is 14.2 Å². The molecule has 15 heteroatoms. The van der Waals surface area contributed by atoms with Gasteiger partial charge in [-0.25, -0.2) is 16.8 Å². The Kier molecular flexibility index (Phi) is 14.9. The number of hydrogen-bond donors (Lipinski definition) is 5. The van der Waals surface area contributed by atoms with Crippen molar-refractivity contribution in [2.75, 3.05) is 30.3 Å². The molecule has 10 nitrogen and oxygen atoms in total. The first-order valence-electron chi connectivity index (χ1n) is 10.4. The van der Waals surface area contributed by atoms with E-state index in [0.29, 0.717) is 36.2 Å². The predicted molar refractivity (Wildman–Crippen MR) is 147 cm³/mol. The maximum Gasteiger partial charge on any atom is 0.488 e. The number of sulfone groups is 2. The Hall–Kier alpha value is -2.16. The Morgan fingerprint density at radius 2 is 1.25 bits per heavy atom. The average Bonchev–Trinajstić information content (AvgIpc) is 2.82. The minimum absolute atomic E-state index is 0. The number of nitrogen functional groups attached to an aromatic ring is 1. The summed E-state index contributed by atoms with van der Waals surface area (Å²) in [5, 5.41) is 36.9. The van der Waals surface area contributed by atoms with Gasteiger partial charge in [0.2, 0.25) is 0 Å². The topological polar surface area (TPSA) is 178 Å². The molecule has 2 aromatic rings. The summed E-state index contributed by atoms with van der Waals surface area (Å²) in [5.74, 6) is 0.445.